The van der Waals surface area contributed by atoms with Crippen molar-refractivity contribution >= 4 is 28.8 Å². The first-order valence-electron chi connectivity index (χ1n) is 9.54. The molecule has 0 spiro atoms. The number of carbonyl (C=O) groups is 2. The van der Waals surface area contributed by atoms with Crippen molar-refractivity contribution in [1.82, 2.24) is 14.8 Å². The summed E-state index contributed by atoms with van der Waals surface area (Å²) in [6, 6.07) is 14.8. The predicted octanol–water partition coefficient (Wildman–Crippen LogP) is 3.35. The molecule has 0 bridgehead atoms. The largest absolute Gasteiger partial charge is 0.336 e. The molecule has 3 heterocycles. The van der Waals surface area contributed by atoms with Crippen LogP contribution < -0.4 is 5.32 Å². The molecule has 29 heavy (non-hydrogen) atoms. The highest BCUT2D eigenvalue weighted by atomic mass is 32.1. The molecule has 0 atom stereocenters. The van der Waals surface area contributed by atoms with Crippen molar-refractivity contribution in [3.8, 4) is 0 Å². The van der Waals surface area contributed by atoms with E-state index in [1.54, 1.807) is 42.7 Å². The summed E-state index contributed by atoms with van der Waals surface area (Å²) >= 11 is 1.39. The van der Waals surface area contributed by atoms with Crippen LogP contribution in [0, 0.1) is 0 Å². The van der Waals surface area contributed by atoms with Crippen molar-refractivity contribution in [2.75, 3.05) is 31.5 Å². The zero-order valence-corrected chi connectivity index (χ0v) is 16.8. The summed E-state index contributed by atoms with van der Waals surface area (Å²) in [6.45, 7) is 3.92. The number of hydrogen-bond acceptors (Lipinski definition) is 5. The van der Waals surface area contributed by atoms with Crippen LogP contribution in [-0.2, 0) is 6.54 Å². The highest BCUT2D eigenvalue weighted by molar-refractivity contribution is 7.12. The minimum atomic E-state index is -0.158. The summed E-state index contributed by atoms with van der Waals surface area (Å²) in [4.78, 5) is 34.1. The first kappa shape index (κ1) is 19.3. The Bertz CT molecular complexity index is 967. The van der Waals surface area contributed by atoms with E-state index < -0.39 is 0 Å². The monoisotopic (exact) mass is 406 g/mol. The maximum atomic E-state index is 12.9. The Kier molecular flexibility index (Phi) is 5.97. The summed E-state index contributed by atoms with van der Waals surface area (Å²) in [5, 5.41) is 4.73. The Hall–Kier alpha value is -3.03. The SMILES string of the molecule is O=C(Nc1cccc(C(=O)N2CCN(Cc3ccncc3)CC2)c1)c1cccs1. The number of amides is 2. The smallest absolute Gasteiger partial charge is 0.265 e. The molecule has 1 saturated heterocycles. The van der Waals surface area contributed by atoms with Gasteiger partial charge in [0, 0.05) is 56.4 Å². The number of rotatable bonds is 5. The van der Waals surface area contributed by atoms with Crippen LogP contribution in [0.5, 0.6) is 0 Å². The highest BCUT2D eigenvalue weighted by Gasteiger charge is 2.22. The fourth-order valence-corrected chi connectivity index (χ4v) is 3.99. The molecular formula is C22H22N4O2S. The van der Waals surface area contributed by atoms with Gasteiger partial charge in [0.25, 0.3) is 11.8 Å². The number of aromatic nitrogens is 1. The van der Waals surface area contributed by atoms with Crippen LogP contribution in [0.2, 0.25) is 0 Å². The standard InChI is InChI=1S/C22H22N4O2S/c27-21(20-5-2-14-29-20)24-19-4-1-3-18(15-19)22(28)26-12-10-25(11-13-26)16-17-6-8-23-9-7-17/h1-9,14-15H,10-13,16H2,(H,24,27). The molecule has 2 aromatic heterocycles. The molecule has 0 unspecified atom stereocenters. The average molecular weight is 407 g/mol. The number of anilines is 1. The maximum Gasteiger partial charge on any atom is 0.265 e. The van der Waals surface area contributed by atoms with Crippen molar-refractivity contribution in [2.24, 2.45) is 0 Å². The molecule has 0 radical (unpaired) electrons. The lowest BCUT2D eigenvalue weighted by Crippen LogP contribution is -2.48. The summed E-state index contributed by atoms with van der Waals surface area (Å²) < 4.78 is 0. The normalized spacial score (nSPS) is 14.6. The van der Waals surface area contributed by atoms with Crippen molar-refractivity contribution in [3.05, 3.63) is 82.3 Å². The summed E-state index contributed by atoms with van der Waals surface area (Å²) in [5.41, 5.74) is 2.45. The molecule has 3 aromatic rings. The van der Waals surface area contributed by atoms with Gasteiger partial charge in [-0.15, -0.1) is 11.3 Å². The third kappa shape index (κ3) is 4.88. The van der Waals surface area contributed by atoms with Crippen molar-refractivity contribution in [3.63, 3.8) is 0 Å². The lowest BCUT2D eigenvalue weighted by Gasteiger charge is -2.34. The Morgan fingerprint density at radius 1 is 1.00 bits per heavy atom. The first-order chi connectivity index (χ1) is 14.2. The van der Waals surface area contributed by atoms with Gasteiger partial charge < -0.3 is 10.2 Å². The topological polar surface area (TPSA) is 65.5 Å². The second kappa shape index (κ2) is 8.98. The van der Waals surface area contributed by atoms with Crippen LogP contribution in [0.4, 0.5) is 5.69 Å². The van der Waals surface area contributed by atoms with Gasteiger partial charge in [0.2, 0.25) is 0 Å². The van der Waals surface area contributed by atoms with E-state index in [4.69, 9.17) is 0 Å². The van der Waals surface area contributed by atoms with Gasteiger partial charge in [-0.2, -0.15) is 0 Å². The Morgan fingerprint density at radius 3 is 2.52 bits per heavy atom. The van der Waals surface area contributed by atoms with Crippen molar-refractivity contribution < 1.29 is 9.59 Å². The van der Waals surface area contributed by atoms with Crippen LogP contribution in [0.25, 0.3) is 0 Å². The van der Waals surface area contributed by atoms with E-state index in [1.165, 1.54) is 16.9 Å². The van der Waals surface area contributed by atoms with E-state index in [0.29, 0.717) is 29.2 Å². The van der Waals surface area contributed by atoms with E-state index in [2.05, 4.69) is 15.2 Å². The van der Waals surface area contributed by atoms with Gasteiger partial charge in [0.05, 0.1) is 4.88 Å². The van der Waals surface area contributed by atoms with Crippen LogP contribution in [0.1, 0.15) is 25.6 Å². The number of pyridine rings is 1. The number of nitrogens with zero attached hydrogens (tertiary/aromatic N) is 3. The summed E-state index contributed by atoms with van der Waals surface area (Å²) in [5.74, 6) is -0.157. The number of nitrogens with one attached hydrogen (secondary N) is 1. The molecule has 1 aromatic carbocycles. The Morgan fingerprint density at radius 2 is 1.79 bits per heavy atom. The Balaban J connectivity index is 1.34. The fraction of sp³-hybridized carbons (Fsp3) is 0.227. The van der Waals surface area contributed by atoms with Gasteiger partial charge in [-0.1, -0.05) is 12.1 Å². The fourth-order valence-electron chi connectivity index (χ4n) is 3.37. The molecular weight excluding hydrogens is 384 g/mol. The van der Waals surface area contributed by atoms with Crippen molar-refractivity contribution in [2.45, 2.75) is 6.54 Å². The van der Waals surface area contributed by atoms with Crippen LogP contribution in [0.15, 0.2) is 66.3 Å². The molecule has 0 saturated carbocycles. The minimum absolute atomic E-state index is 0.000726. The number of hydrogen-bond donors (Lipinski definition) is 1. The molecule has 2 amide bonds. The number of benzene rings is 1. The Labute approximate surface area is 173 Å². The van der Waals surface area contributed by atoms with Gasteiger partial charge in [0.15, 0.2) is 0 Å². The lowest BCUT2D eigenvalue weighted by molar-refractivity contribution is 0.0628. The number of thiophene rings is 1. The van der Waals surface area contributed by atoms with E-state index in [0.717, 1.165) is 19.6 Å². The molecule has 7 heteroatoms. The second-order valence-corrected chi connectivity index (χ2v) is 7.88. The molecule has 1 aliphatic rings. The van der Waals surface area contributed by atoms with Gasteiger partial charge in [-0.3, -0.25) is 19.5 Å². The highest BCUT2D eigenvalue weighted by Crippen LogP contribution is 2.17. The zero-order chi connectivity index (χ0) is 20.1. The quantitative estimate of drug-likeness (QED) is 0.706. The molecule has 148 valence electrons. The molecule has 1 fully saturated rings. The minimum Gasteiger partial charge on any atom is -0.336 e. The summed E-state index contributed by atoms with van der Waals surface area (Å²) in [7, 11) is 0. The average Bonchev–Trinajstić information content (AvgIpc) is 3.30. The van der Waals surface area contributed by atoms with E-state index in [1.807, 2.05) is 28.5 Å². The third-order valence-electron chi connectivity index (χ3n) is 4.93. The first-order valence-corrected chi connectivity index (χ1v) is 10.4. The van der Waals surface area contributed by atoms with Crippen LogP contribution in [0.3, 0.4) is 0 Å². The second-order valence-electron chi connectivity index (χ2n) is 6.94. The lowest BCUT2D eigenvalue weighted by atomic mass is 10.1. The molecule has 1 aliphatic heterocycles. The van der Waals surface area contributed by atoms with E-state index in [9.17, 15) is 9.59 Å². The third-order valence-corrected chi connectivity index (χ3v) is 5.80. The maximum absolute atomic E-state index is 12.9. The van der Waals surface area contributed by atoms with Crippen LogP contribution >= 0.6 is 11.3 Å². The number of carbonyl (C=O) groups excluding carboxylic acids is 2. The van der Waals surface area contributed by atoms with E-state index >= 15 is 0 Å². The van der Waals surface area contributed by atoms with Crippen molar-refractivity contribution in [1.29, 1.82) is 0 Å². The van der Waals surface area contributed by atoms with Gasteiger partial charge in [0.1, 0.15) is 0 Å². The molecule has 4 rings (SSSR count). The zero-order valence-electron chi connectivity index (χ0n) is 16.0. The molecule has 6 nitrogen and oxygen atoms in total. The van der Waals surface area contributed by atoms with Gasteiger partial charge in [-0.05, 0) is 47.3 Å². The van der Waals surface area contributed by atoms with Crippen LogP contribution in [-0.4, -0.2) is 52.8 Å². The predicted molar refractivity (Wildman–Crippen MR) is 114 cm³/mol. The van der Waals surface area contributed by atoms with E-state index in [-0.39, 0.29) is 11.8 Å². The molecule has 0 aliphatic carbocycles. The summed E-state index contributed by atoms with van der Waals surface area (Å²) in [6.07, 6.45) is 3.61. The van der Waals surface area contributed by atoms with Gasteiger partial charge >= 0.3 is 0 Å². The van der Waals surface area contributed by atoms with Gasteiger partial charge in [-0.25, -0.2) is 0 Å². The molecule has 1 N–H and O–H groups in total. The number of piperazine rings is 1.